The van der Waals surface area contributed by atoms with Crippen LogP contribution in [0.4, 0.5) is 0 Å². The van der Waals surface area contributed by atoms with Crippen LogP contribution in [0.2, 0.25) is 0 Å². The number of phenolic OH excluding ortho intramolecular Hbond substituents is 1. The van der Waals surface area contributed by atoms with Crippen LogP contribution in [-0.2, 0) is 4.79 Å². The van der Waals surface area contributed by atoms with Crippen LogP contribution < -0.4 is 0 Å². The van der Waals surface area contributed by atoms with E-state index in [0.29, 0.717) is 5.75 Å². The van der Waals surface area contributed by atoms with Crippen LogP contribution in [0.3, 0.4) is 0 Å². The molecule has 0 spiro atoms. The van der Waals surface area contributed by atoms with Crippen LogP contribution in [0.5, 0.6) is 5.75 Å². The van der Waals surface area contributed by atoms with Gasteiger partial charge in [-0.1, -0.05) is 78.9 Å². The second-order valence-electron chi connectivity index (χ2n) is 5.82. The Kier molecular flexibility index (Phi) is 6.78. The zero-order chi connectivity index (χ0) is 18.1. The van der Waals surface area contributed by atoms with E-state index in [1.165, 1.54) is 0 Å². The van der Waals surface area contributed by atoms with E-state index in [4.69, 9.17) is 5.11 Å². The Morgan fingerprint density at radius 1 is 0.720 bits per heavy atom. The number of aromatic hydroxyl groups is 1. The summed E-state index contributed by atoms with van der Waals surface area (Å²) in [6.07, 6.45) is 0. The standard InChI is InChI=1S/C16H17NO.C6H6O/c1-17(2)16(18)15(13-9-5-3-6-10-13)14-11-7-4-8-12-14;7-6-4-2-1-3-5-6/h3-12,15H,1-2H3;1-5,7H. The largest absolute Gasteiger partial charge is 0.508 e. The maximum absolute atomic E-state index is 12.4. The summed E-state index contributed by atoms with van der Waals surface area (Å²) in [5.74, 6) is 0.206. The van der Waals surface area contributed by atoms with E-state index < -0.39 is 0 Å². The molecule has 3 rings (SSSR count). The van der Waals surface area contributed by atoms with E-state index in [1.54, 1.807) is 43.3 Å². The number of carbonyl (C=O) groups excluding carboxylic acids is 1. The van der Waals surface area contributed by atoms with Gasteiger partial charge in [-0.2, -0.15) is 0 Å². The molecule has 3 aromatic rings. The molecule has 0 aliphatic heterocycles. The van der Waals surface area contributed by atoms with E-state index >= 15 is 0 Å². The molecule has 0 aromatic heterocycles. The third-order valence-electron chi connectivity index (χ3n) is 3.71. The quantitative estimate of drug-likeness (QED) is 0.776. The minimum atomic E-state index is -0.220. The highest BCUT2D eigenvalue weighted by Gasteiger charge is 2.23. The monoisotopic (exact) mass is 333 g/mol. The SMILES string of the molecule is CN(C)C(=O)C(c1ccccc1)c1ccccc1.Oc1ccccc1. The summed E-state index contributed by atoms with van der Waals surface area (Å²) < 4.78 is 0. The molecule has 0 fully saturated rings. The zero-order valence-corrected chi connectivity index (χ0v) is 14.5. The second-order valence-corrected chi connectivity index (χ2v) is 5.82. The number of rotatable bonds is 3. The van der Waals surface area contributed by atoms with Crippen molar-refractivity contribution < 1.29 is 9.90 Å². The summed E-state index contributed by atoms with van der Waals surface area (Å²) in [5, 5.41) is 8.63. The smallest absolute Gasteiger partial charge is 0.234 e. The molecule has 3 nitrogen and oxygen atoms in total. The van der Waals surface area contributed by atoms with Gasteiger partial charge >= 0.3 is 0 Å². The van der Waals surface area contributed by atoms with E-state index in [1.807, 2.05) is 66.7 Å². The highest BCUT2D eigenvalue weighted by Crippen LogP contribution is 2.25. The minimum absolute atomic E-state index is 0.104. The van der Waals surface area contributed by atoms with Crippen molar-refractivity contribution in [2.24, 2.45) is 0 Å². The number of carbonyl (C=O) groups is 1. The fourth-order valence-electron chi connectivity index (χ4n) is 2.45. The Morgan fingerprint density at radius 3 is 1.36 bits per heavy atom. The molecule has 0 saturated heterocycles. The summed E-state index contributed by atoms with van der Waals surface area (Å²) >= 11 is 0. The molecular weight excluding hydrogens is 310 g/mol. The van der Waals surface area contributed by atoms with Crippen LogP contribution in [-0.4, -0.2) is 30.0 Å². The lowest BCUT2D eigenvalue weighted by Crippen LogP contribution is -2.28. The van der Waals surface area contributed by atoms with Gasteiger partial charge < -0.3 is 10.0 Å². The van der Waals surface area contributed by atoms with Crippen LogP contribution in [0.15, 0.2) is 91.0 Å². The number of nitrogens with zero attached hydrogens (tertiary/aromatic N) is 1. The highest BCUT2D eigenvalue weighted by atomic mass is 16.3. The van der Waals surface area contributed by atoms with Crippen molar-refractivity contribution in [3.63, 3.8) is 0 Å². The molecule has 0 bridgehead atoms. The lowest BCUT2D eigenvalue weighted by atomic mass is 9.90. The average molecular weight is 333 g/mol. The molecule has 1 amide bonds. The normalized spacial score (nSPS) is 9.88. The second kappa shape index (κ2) is 9.28. The van der Waals surface area contributed by atoms with Crippen LogP contribution in [0.25, 0.3) is 0 Å². The fraction of sp³-hybridized carbons (Fsp3) is 0.136. The molecule has 0 radical (unpaired) electrons. The number of hydrogen-bond donors (Lipinski definition) is 1. The Bertz CT molecular complexity index is 716. The zero-order valence-electron chi connectivity index (χ0n) is 14.5. The van der Waals surface area contributed by atoms with Gasteiger partial charge in [-0.05, 0) is 23.3 Å². The number of phenols is 1. The lowest BCUT2D eigenvalue weighted by Gasteiger charge is -2.21. The van der Waals surface area contributed by atoms with Crippen molar-refractivity contribution >= 4 is 5.91 Å². The van der Waals surface area contributed by atoms with E-state index in [0.717, 1.165) is 11.1 Å². The summed E-state index contributed by atoms with van der Waals surface area (Å²) in [6.45, 7) is 0. The predicted molar refractivity (Wildman–Crippen MR) is 102 cm³/mol. The van der Waals surface area contributed by atoms with Crippen LogP contribution >= 0.6 is 0 Å². The van der Waals surface area contributed by atoms with Gasteiger partial charge in [-0.3, -0.25) is 4.79 Å². The van der Waals surface area contributed by atoms with Gasteiger partial charge in [0, 0.05) is 14.1 Å². The minimum Gasteiger partial charge on any atom is -0.508 e. The van der Waals surface area contributed by atoms with Crippen molar-refractivity contribution in [3.8, 4) is 5.75 Å². The summed E-state index contributed by atoms with van der Waals surface area (Å²) in [4.78, 5) is 14.0. The Morgan fingerprint density at radius 2 is 1.08 bits per heavy atom. The molecule has 0 saturated carbocycles. The lowest BCUT2D eigenvalue weighted by molar-refractivity contribution is -0.129. The first-order valence-electron chi connectivity index (χ1n) is 8.14. The van der Waals surface area contributed by atoms with Gasteiger partial charge in [0.15, 0.2) is 0 Å². The third kappa shape index (κ3) is 5.50. The molecule has 25 heavy (non-hydrogen) atoms. The Balaban J connectivity index is 0.000000269. The molecule has 1 N–H and O–H groups in total. The molecule has 0 aliphatic carbocycles. The Hall–Kier alpha value is -3.07. The van der Waals surface area contributed by atoms with E-state index in [2.05, 4.69) is 0 Å². The molecular formula is C22H23NO2. The number of benzene rings is 3. The topological polar surface area (TPSA) is 40.5 Å². The molecule has 0 heterocycles. The van der Waals surface area contributed by atoms with Gasteiger partial charge in [-0.15, -0.1) is 0 Å². The van der Waals surface area contributed by atoms with Crippen molar-refractivity contribution in [3.05, 3.63) is 102 Å². The molecule has 3 heteroatoms. The average Bonchev–Trinajstić information content (AvgIpc) is 2.65. The van der Waals surface area contributed by atoms with Crippen molar-refractivity contribution in [1.82, 2.24) is 4.90 Å². The number of likely N-dealkylation sites (N-methyl/N-ethyl adjacent to an activating group) is 1. The summed E-state index contributed by atoms with van der Waals surface area (Å²) in [6, 6.07) is 28.5. The maximum atomic E-state index is 12.4. The van der Waals surface area contributed by atoms with E-state index in [9.17, 15) is 4.79 Å². The highest BCUT2D eigenvalue weighted by molar-refractivity contribution is 5.86. The molecule has 0 unspecified atom stereocenters. The maximum Gasteiger partial charge on any atom is 0.234 e. The molecule has 128 valence electrons. The van der Waals surface area contributed by atoms with Crippen molar-refractivity contribution in [2.45, 2.75) is 5.92 Å². The molecule has 0 aliphatic rings. The Labute approximate surface area is 149 Å². The van der Waals surface area contributed by atoms with Crippen molar-refractivity contribution in [1.29, 1.82) is 0 Å². The van der Waals surface area contributed by atoms with Gasteiger partial charge in [0.2, 0.25) is 5.91 Å². The van der Waals surface area contributed by atoms with Gasteiger partial charge in [0.1, 0.15) is 5.75 Å². The summed E-state index contributed by atoms with van der Waals surface area (Å²) in [7, 11) is 3.59. The number of hydrogen-bond acceptors (Lipinski definition) is 2. The molecule has 3 aromatic carbocycles. The first-order valence-corrected chi connectivity index (χ1v) is 8.14. The first kappa shape index (κ1) is 18.3. The van der Waals surface area contributed by atoms with Gasteiger partial charge in [0.25, 0.3) is 0 Å². The fourth-order valence-corrected chi connectivity index (χ4v) is 2.45. The molecule has 0 atom stereocenters. The predicted octanol–water partition coefficient (Wildman–Crippen LogP) is 4.30. The van der Waals surface area contributed by atoms with Gasteiger partial charge in [-0.25, -0.2) is 0 Å². The number of amides is 1. The van der Waals surface area contributed by atoms with Gasteiger partial charge in [0.05, 0.1) is 5.92 Å². The van der Waals surface area contributed by atoms with Crippen LogP contribution in [0, 0.1) is 0 Å². The number of para-hydroxylation sites is 1. The van der Waals surface area contributed by atoms with Crippen LogP contribution in [0.1, 0.15) is 17.0 Å². The first-order chi connectivity index (χ1) is 12.1. The third-order valence-corrected chi connectivity index (χ3v) is 3.71. The summed E-state index contributed by atoms with van der Waals surface area (Å²) in [5.41, 5.74) is 2.06. The van der Waals surface area contributed by atoms with Crippen molar-refractivity contribution in [2.75, 3.05) is 14.1 Å². The van der Waals surface area contributed by atoms with E-state index in [-0.39, 0.29) is 11.8 Å².